The van der Waals surface area contributed by atoms with E-state index in [1.165, 1.54) is 0 Å². The van der Waals surface area contributed by atoms with Crippen LogP contribution in [-0.4, -0.2) is 76.8 Å². The molecule has 2 rings (SSSR count). The highest BCUT2D eigenvalue weighted by Crippen LogP contribution is 2.44. The highest BCUT2D eigenvalue weighted by atomic mass is 31.2. The Labute approximate surface area is 258 Å². The first-order valence-corrected chi connectivity index (χ1v) is 16.1. The topological polar surface area (TPSA) is 169 Å². The van der Waals surface area contributed by atoms with Crippen LogP contribution in [-0.2, 0) is 44.4 Å². The molecular weight excluding hydrogens is 591 g/mol. The molecule has 2 atom stereocenters. The zero-order chi connectivity index (χ0) is 32.9. The van der Waals surface area contributed by atoms with Crippen molar-refractivity contribution >= 4 is 31.4 Å². The standard InChI is InChI=1S/C31H43N2O10P/c1-6-41-28(34)16-17-32-29(35)26(18-23-12-14-25(15-13-23)24-10-8-7-9-11-24)33(20-43-31(37)22(4)5)27(44(38,39)40)19-42-30(36)21(2)3/h7-15,21-22,26-27H,6,16-20H2,1-5H3,(H,32,35)(H2,38,39,40). The van der Waals surface area contributed by atoms with Gasteiger partial charge in [-0.25, -0.2) is 4.90 Å². The number of hydrogen-bond donors (Lipinski definition) is 3. The van der Waals surface area contributed by atoms with E-state index < -0.39 is 68.4 Å². The minimum atomic E-state index is -5.10. The van der Waals surface area contributed by atoms with Crippen molar-refractivity contribution in [2.75, 3.05) is 26.5 Å². The molecule has 2 aromatic carbocycles. The molecule has 0 aromatic heterocycles. The number of ether oxygens (including phenoxy) is 3. The van der Waals surface area contributed by atoms with Gasteiger partial charge in [0, 0.05) is 6.54 Å². The quantitative estimate of drug-likeness (QED) is 0.101. The van der Waals surface area contributed by atoms with Gasteiger partial charge in [-0.05, 0) is 30.0 Å². The number of nitrogens with one attached hydrogen (secondary N) is 1. The van der Waals surface area contributed by atoms with E-state index in [1.807, 2.05) is 42.5 Å². The molecule has 0 saturated heterocycles. The maximum atomic E-state index is 13.7. The Morgan fingerprint density at radius 2 is 1.41 bits per heavy atom. The molecule has 12 nitrogen and oxygen atoms in total. The van der Waals surface area contributed by atoms with Gasteiger partial charge < -0.3 is 29.3 Å². The van der Waals surface area contributed by atoms with Gasteiger partial charge in [-0.3, -0.25) is 23.7 Å². The zero-order valence-corrected chi connectivity index (χ0v) is 26.7. The molecule has 0 fully saturated rings. The SMILES string of the molecule is CCOC(=O)CCNC(=O)C(Cc1ccc(-c2ccccc2)cc1)N(COC(=O)C(C)C)C(COC(=O)C(C)C)P(=O)(O)O. The number of esters is 3. The van der Waals surface area contributed by atoms with E-state index in [-0.39, 0.29) is 26.0 Å². The largest absolute Gasteiger partial charge is 0.466 e. The van der Waals surface area contributed by atoms with Crippen molar-refractivity contribution in [3.05, 3.63) is 60.2 Å². The Kier molecular flexibility index (Phi) is 14.7. The van der Waals surface area contributed by atoms with Crippen molar-refractivity contribution < 1.29 is 47.7 Å². The molecule has 0 saturated carbocycles. The van der Waals surface area contributed by atoms with Crippen molar-refractivity contribution in [1.29, 1.82) is 0 Å². The smallest absolute Gasteiger partial charge is 0.346 e. The number of amides is 1. The fourth-order valence-corrected chi connectivity index (χ4v) is 4.97. The fourth-order valence-electron chi connectivity index (χ4n) is 4.08. The number of hydrogen-bond acceptors (Lipinski definition) is 9. The predicted octanol–water partition coefficient (Wildman–Crippen LogP) is 3.50. The third-order valence-electron chi connectivity index (χ3n) is 6.57. The van der Waals surface area contributed by atoms with Crippen LogP contribution in [0.2, 0.25) is 0 Å². The van der Waals surface area contributed by atoms with Gasteiger partial charge >= 0.3 is 25.5 Å². The molecule has 2 unspecified atom stereocenters. The summed E-state index contributed by atoms with van der Waals surface area (Å²) in [4.78, 5) is 72.0. The number of rotatable bonds is 17. The van der Waals surface area contributed by atoms with Crippen LogP contribution in [0.4, 0.5) is 0 Å². The summed E-state index contributed by atoms with van der Waals surface area (Å²) in [6.07, 6.45) is -0.192. The van der Waals surface area contributed by atoms with Gasteiger partial charge in [-0.2, -0.15) is 0 Å². The average molecular weight is 635 g/mol. The van der Waals surface area contributed by atoms with Crippen molar-refractivity contribution in [2.24, 2.45) is 11.8 Å². The summed E-state index contributed by atoms with van der Waals surface area (Å²) in [7, 11) is -5.10. The van der Waals surface area contributed by atoms with Crippen LogP contribution in [0.15, 0.2) is 54.6 Å². The lowest BCUT2D eigenvalue weighted by molar-refractivity contribution is -0.159. The first-order chi connectivity index (χ1) is 20.7. The van der Waals surface area contributed by atoms with Crippen LogP contribution >= 0.6 is 7.60 Å². The van der Waals surface area contributed by atoms with Crippen molar-refractivity contribution in [3.8, 4) is 11.1 Å². The van der Waals surface area contributed by atoms with Crippen molar-refractivity contribution in [3.63, 3.8) is 0 Å². The third kappa shape index (κ3) is 11.8. The minimum absolute atomic E-state index is 0.0613. The number of benzene rings is 2. The Balaban J connectivity index is 2.50. The van der Waals surface area contributed by atoms with Crippen molar-refractivity contribution in [2.45, 2.75) is 59.3 Å². The zero-order valence-electron chi connectivity index (χ0n) is 25.8. The van der Waals surface area contributed by atoms with E-state index in [9.17, 15) is 33.5 Å². The molecule has 0 aliphatic heterocycles. The Morgan fingerprint density at radius 3 is 1.95 bits per heavy atom. The molecule has 13 heteroatoms. The minimum Gasteiger partial charge on any atom is -0.466 e. The van der Waals surface area contributed by atoms with Crippen LogP contribution in [0.1, 0.15) is 46.6 Å². The number of nitrogens with zero attached hydrogens (tertiary/aromatic N) is 1. The highest BCUT2D eigenvalue weighted by molar-refractivity contribution is 7.52. The molecule has 0 bridgehead atoms. The summed E-state index contributed by atoms with van der Waals surface area (Å²) in [5.41, 5.74) is 2.53. The second kappa shape index (κ2) is 17.7. The summed E-state index contributed by atoms with van der Waals surface area (Å²) in [5, 5.41) is 2.63. The van der Waals surface area contributed by atoms with E-state index in [1.54, 1.807) is 46.8 Å². The van der Waals surface area contributed by atoms with Crippen LogP contribution < -0.4 is 5.32 Å². The van der Waals surface area contributed by atoms with Crippen LogP contribution in [0, 0.1) is 11.8 Å². The first kappa shape index (κ1) is 36.6. The lowest BCUT2D eigenvalue weighted by Crippen LogP contribution is -2.55. The summed E-state index contributed by atoms with van der Waals surface area (Å²) >= 11 is 0. The molecular formula is C31H43N2O10P. The number of carbonyl (C=O) groups is 4. The monoisotopic (exact) mass is 634 g/mol. The van der Waals surface area contributed by atoms with Crippen molar-refractivity contribution in [1.82, 2.24) is 10.2 Å². The van der Waals surface area contributed by atoms with Gasteiger partial charge in [0.25, 0.3) is 0 Å². The Hall–Kier alpha value is -3.57. The van der Waals surface area contributed by atoms with Gasteiger partial charge in [0.2, 0.25) is 5.91 Å². The maximum absolute atomic E-state index is 13.7. The molecule has 242 valence electrons. The van der Waals surface area contributed by atoms with Crippen LogP contribution in [0.25, 0.3) is 11.1 Å². The second-order valence-corrected chi connectivity index (χ2v) is 12.5. The molecule has 0 aliphatic carbocycles. The first-order valence-electron chi connectivity index (χ1n) is 14.5. The van der Waals surface area contributed by atoms with Gasteiger partial charge in [0.05, 0.1) is 30.9 Å². The summed E-state index contributed by atoms with van der Waals surface area (Å²) in [5.74, 6) is -5.54. The summed E-state index contributed by atoms with van der Waals surface area (Å²) in [6, 6.07) is 15.6. The maximum Gasteiger partial charge on any atom is 0.346 e. The lowest BCUT2D eigenvalue weighted by Gasteiger charge is -2.36. The summed E-state index contributed by atoms with van der Waals surface area (Å²) in [6.45, 7) is 6.58. The van der Waals surface area contributed by atoms with Gasteiger partial charge in [0.1, 0.15) is 13.3 Å². The van der Waals surface area contributed by atoms with Crippen LogP contribution in [0.5, 0.6) is 0 Å². The van der Waals surface area contributed by atoms with E-state index in [4.69, 9.17) is 14.2 Å². The third-order valence-corrected chi connectivity index (χ3v) is 7.79. The number of carbonyl (C=O) groups excluding carboxylic acids is 4. The molecule has 0 heterocycles. The van der Waals surface area contributed by atoms with Gasteiger partial charge in [0.15, 0.2) is 5.78 Å². The van der Waals surface area contributed by atoms with E-state index in [0.717, 1.165) is 16.0 Å². The normalized spacial score (nSPS) is 13.0. The van der Waals surface area contributed by atoms with E-state index >= 15 is 0 Å². The molecule has 3 N–H and O–H groups in total. The molecule has 2 aromatic rings. The average Bonchev–Trinajstić information content (AvgIpc) is 2.97. The summed E-state index contributed by atoms with van der Waals surface area (Å²) < 4.78 is 28.3. The fraction of sp³-hybridized carbons (Fsp3) is 0.484. The van der Waals surface area contributed by atoms with Crippen LogP contribution in [0.3, 0.4) is 0 Å². The predicted molar refractivity (Wildman–Crippen MR) is 163 cm³/mol. The second-order valence-electron chi connectivity index (χ2n) is 10.7. The van der Waals surface area contributed by atoms with Gasteiger partial charge in [-0.1, -0.05) is 82.3 Å². The molecule has 44 heavy (non-hydrogen) atoms. The molecule has 1 amide bonds. The Bertz CT molecular complexity index is 1280. The van der Waals surface area contributed by atoms with Gasteiger partial charge in [-0.15, -0.1) is 0 Å². The molecule has 0 spiro atoms. The Morgan fingerprint density at radius 1 is 0.841 bits per heavy atom. The molecule has 0 aliphatic rings. The lowest BCUT2D eigenvalue weighted by atomic mass is 9.99. The van der Waals surface area contributed by atoms with E-state index in [2.05, 4.69) is 5.32 Å². The molecule has 0 radical (unpaired) electrons. The van der Waals surface area contributed by atoms with E-state index in [0.29, 0.717) is 5.56 Å². The highest BCUT2D eigenvalue weighted by Gasteiger charge is 2.42.